The largest absolute Gasteiger partial charge is 0.380 e. The number of ether oxygens (including phenoxy) is 1. The number of carbonyl (C=O) groups excluding carboxylic acids is 3. The van der Waals surface area contributed by atoms with Gasteiger partial charge in [0, 0.05) is 31.6 Å². The van der Waals surface area contributed by atoms with Gasteiger partial charge in [0.15, 0.2) is 0 Å². The predicted octanol–water partition coefficient (Wildman–Crippen LogP) is 4.34. The Morgan fingerprint density at radius 2 is 1.76 bits per heavy atom. The number of aryl methyl sites for hydroxylation is 1. The summed E-state index contributed by atoms with van der Waals surface area (Å²) in [6.07, 6.45) is 9.44. The first kappa shape index (κ1) is 29.3. The Morgan fingerprint density at radius 1 is 1.05 bits per heavy atom. The number of nitrogens with zero attached hydrogens (tertiary/aromatic N) is 2. The van der Waals surface area contributed by atoms with Crippen molar-refractivity contribution in [3.8, 4) is 0 Å². The third kappa shape index (κ3) is 5.92. The topological polar surface area (TPSA) is 114 Å². The number of benzene rings is 1. The lowest BCUT2D eigenvalue weighted by molar-refractivity contribution is -0.127. The first-order valence-corrected chi connectivity index (χ1v) is 15.3. The normalized spacial score (nSPS) is 23.0. The number of hydrogen-bond acceptors (Lipinski definition) is 5. The lowest BCUT2D eigenvalue weighted by atomic mass is 9.66. The minimum atomic E-state index is -0.735. The van der Waals surface area contributed by atoms with E-state index in [0.717, 1.165) is 44.1 Å². The van der Waals surface area contributed by atoms with Crippen molar-refractivity contribution in [3.63, 3.8) is 0 Å². The van der Waals surface area contributed by atoms with Crippen LogP contribution in [0, 0.1) is 17.3 Å². The molecule has 3 N–H and O–H groups in total. The Labute approximate surface area is 243 Å². The third-order valence-electron chi connectivity index (χ3n) is 9.96. The molecule has 222 valence electrons. The van der Waals surface area contributed by atoms with Gasteiger partial charge in [-0.2, -0.15) is 5.10 Å². The second kappa shape index (κ2) is 12.0. The van der Waals surface area contributed by atoms with Crippen LogP contribution in [0.5, 0.6) is 0 Å². The first-order chi connectivity index (χ1) is 19.7. The molecule has 1 aromatic heterocycles. The highest BCUT2D eigenvalue weighted by Crippen LogP contribution is 2.58. The quantitative estimate of drug-likeness (QED) is 0.356. The summed E-state index contributed by atoms with van der Waals surface area (Å²) in [5.41, 5.74) is 1.27. The zero-order chi connectivity index (χ0) is 29.2. The van der Waals surface area contributed by atoms with E-state index in [1.807, 2.05) is 24.3 Å². The van der Waals surface area contributed by atoms with Crippen molar-refractivity contribution in [2.75, 3.05) is 18.5 Å². The number of carbonyl (C=O) groups is 3. The van der Waals surface area contributed by atoms with Gasteiger partial charge >= 0.3 is 0 Å². The summed E-state index contributed by atoms with van der Waals surface area (Å²) in [6, 6.07) is 8.70. The van der Waals surface area contributed by atoms with E-state index in [9.17, 15) is 14.4 Å². The molecule has 0 bridgehead atoms. The summed E-state index contributed by atoms with van der Waals surface area (Å²) in [7, 11) is 1.73. The van der Waals surface area contributed by atoms with Crippen LogP contribution < -0.4 is 16.0 Å². The fraction of sp³-hybridized carbons (Fsp3) is 0.625. The zero-order valence-electron chi connectivity index (χ0n) is 24.9. The van der Waals surface area contributed by atoms with Crippen LogP contribution in [-0.2, 0) is 26.8 Å². The van der Waals surface area contributed by atoms with Crippen molar-refractivity contribution in [2.45, 2.75) is 89.6 Å². The minimum absolute atomic E-state index is 0.000514. The summed E-state index contributed by atoms with van der Waals surface area (Å²) >= 11 is 0. The molecule has 2 unspecified atom stereocenters. The van der Waals surface area contributed by atoms with Gasteiger partial charge in [0.05, 0.1) is 12.0 Å². The van der Waals surface area contributed by atoms with E-state index in [-0.39, 0.29) is 35.1 Å². The lowest BCUT2D eigenvalue weighted by Crippen LogP contribution is -2.54. The van der Waals surface area contributed by atoms with Crippen molar-refractivity contribution in [2.24, 2.45) is 24.3 Å². The molecule has 0 radical (unpaired) electrons. The summed E-state index contributed by atoms with van der Waals surface area (Å²) in [6.45, 7) is 7.28. The van der Waals surface area contributed by atoms with Crippen LogP contribution in [0.2, 0.25) is 0 Å². The Morgan fingerprint density at radius 3 is 2.27 bits per heavy atom. The molecule has 2 saturated carbocycles. The highest BCUT2D eigenvalue weighted by Gasteiger charge is 2.54. The Bertz CT molecular complexity index is 1240. The maximum absolute atomic E-state index is 13.9. The number of anilines is 1. The van der Waals surface area contributed by atoms with Crippen LogP contribution in [0.1, 0.15) is 88.2 Å². The minimum Gasteiger partial charge on any atom is -0.380 e. The molecular weight excluding hydrogens is 518 g/mol. The molecule has 1 aromatic carbocycles. The Hall–Kier alpha value is -3.20. The van der Waals surface area contributed by atoms with Gasteiger partial charge in [-0.3, -0.25) is 19.1 Å². The molecule has 9 nitrogen and oxygen atoms in total. The van der Waals surface area contributed by atoms with Crippen LogP contribution in [0.15, 0.2) is 36.5 Å². The first-order valence-electron chi connectivity index (χ1n) is 15.3. The maximum atomic E-state index is 13.9. The molecule has 3 fully saturated rings. The average Bonchev–Trinajstić information content (AvgIpc) is 3.29. The van der Waals surface area contributed by atoms with E-state index in [1.54, 1.807) is 19.3 Å². The van der Waals surface area contributed by atoms with E-state index in [4.69, 9.17) is 4.74 Å². The summed E-state index contributed by atoms with van der Waals surface area (Å²) in [5.74, 6) is -0.00695. The summed E-state index contributed by atoms with van der Waals surface area (Å²) in [4.78, 5) is 40.7. The molecule has 1 saturated heterocycles. The monoisotopic (exact) mass is 563 g/mol. The van der Waals surface area contributed by atoms with E-state index in [1.165, 1.54) is 11.1 Å². The summed E-state index contributed by atoms with van der Waals surface area (Å²) < 4.78 is 7.24. The second-order valence-corrected chi connectivity index (χ2v) is 12.6. The van der Waals surface area contributed by atoms with Gasteiger partial charge in [-0.15, -0.1) is 0 Å². The van der Waals surface area contributed by atoms with Crippen molar-refractivity contribution in [1.29, 1.82) is 0 Å². The number of rotatable bonds is 12. The molecule has 3 atom stereocenters. The van der Waals surface area contributed by atoms with Gasteiger partial charge in [0.1, 0.15) is 11.7 Å². The van der Waals surface area contributed by atoms with E-state index >= 15 is 0 Å². The highest BCUT2D eigenvalue weighted by molar-refractivity contribution is 6.01. The van der Waals surface area contributed by atoms with Crippen LogP contribution in [-0.4, -0.2) is 52.8 Å². The van der Waals surface area contributed by atoms with Crippen molar-refractivity contribution >= 4 is 23.4 Å². The number of nitrogens with one attached hydrogen (secondary N) is 3. The van der Waals surface area contributed by atoms with Gasteiger partial charge in [-0.25, -0.2) is 0 Å². The smallest absolute Gasteiger partial charge is 0.270 e. The fourth-order valence-electron chi connectivity index (χ4n) is 6.72. The molecule has 9 heteroatoms. The highest BCUT2D eigenvalue weighted by atomic mass is 16.5. The average molecular weight is 564 g/mol. The van der Waals surface area contributed by atoms with Crippen molar-refractivity contribution in [1.82, 2.24) is 20.4 Å². The second-order valence-electron chi connectivity index (χ2n) is 12.6. The van der Waals surface area contributed by atoms with Gasteiger partial charge in [-0.1, -0.05) is 52.2 Å². The van der Waals surface area contributed by atoms with Gasteiger partial charge in [-0.05, 0) is 73.1 Å². The molecular formula is C32H45N5O4. The van der Waals surface area contributed by atoms with Gasteiger partial charge in [0.2, 0.25) is 11.8 Å². The van der Waals surface area contributed by atoms with Crippen molar-refractivity contribution < 1.29 is 19.1 Å². The molecule has 1 aliphatic heterocycles. The molecule has 2 heterocycles. The number of hydrogen-bond donors (Lipinski definition) is 3. The SMILES string of the molecule is CCC(CC)NC(=O)C1(c2ccc(NC(=O)[C@@H](NC(=O)c3ccnn3C)C(C3CCC3)C3(C)CC3)cc2)CCOC1. The molecule has 2 aromatic rings. The Kier molecular flexibility index (Phi) is 8.55. The van der Waals surface area contributed by atoms with Crippen LogP contribution in [0.4, 0.5) is 5.69 Å². The standard InChI is InChI=1S/C32H45N5O4/c1-5-23(6-2)35-30(40)32(17-19-41-20-32)22-10-12-24(13-11-22)34-29(39)27(36-28(38)25-14-18-33-37(25)4)26(21-8-7-9-21)31(3)15-16-31/h10-14,18,21,23,26-27H,5-9,15-17,19-20H2,1-4H3,(H,34,39)(H,35,40)(H,36,38)/t26?,27-,32?/m0/s1. The molecule has 2 aliphatic carbocycles. The molecule has 41 heavy (non-hydrogen) atoms. The van der Waals surface area contributed by atoms with Crippen molar-refractivity contribution in [3.05, 3.63) is 47.8 Å². The van der Waals surface area contributed by atoms with E-state index in [0.29, 0.717) is 36.9 Å². The third-order valence-corrected chi connectivity index (χ3v) is 9.96. The summed E-state index contributed by atoms with van der Waals surface area (Å²) in [5, 5.41) is 13.5. The molecule has 3 amide bonds. The molecule has 0 spiro atoms. The fourth-order valence-corrected chi connectivity index (χ4v) is 6.72. The van der Waals surface area contributed by atoms with E-state index in [2.05, 4.69) is 41.8 Å². The zero-order valence-corrected chi connectivity index (χ0v) is 24.9. The molecule has 5 rings (SSSR count). The Balaban J connectivity index is 1.36. The molecule has 3 aliphatic rings. The van der Waals surface area contributed by atoms with Crippen LogP contribution in [0.25, 0.3) is 0 Å². The van der Waals surface area contributed by atoms with Crippen LogP contribution in [0.3, 0.4) is 0 Å². The maximum Gasteiger partial charge on any atom is 0.270 e. The van der Waals surface area contributed by atoms with Crippen LogP contribution >= 0.6 is 0 Å². The predicted molar refractivity (Wildman–Crippen MR) is 157 cm³/mol. The van der Waals surface area contributed by atoms with Gasteiger partial charge in [0.25, 0.3) is 5.91 Å². The number of amides is 3. The van der Waals surface area contributed by atoms with Gasteiger partial charge < -0.3 is 20.7 Å². The lowest BCUT2D eigenvalue weighted by Gasteiger charge is -2.42. The number of aromatic nitrogens is 2. The van der Waals surface area contributed by atoms with E-state index < -0.39 is 11.5 Å².